The summed E-state index contributed by atoms with van der Waals surface area (Å²) in [5, 5.41) is 4.68. The second-order valence-corrected chi connectivity index (χ2v) is 7.97. The van der Waals surface area contributed by atoms with Gasteiger partial charge in [0.05, 0.1) is 30.4 Å². The minimum Gasteiger partial charge on any atom is -0.493 e. The molecule has 2 aromatic carbocycles. The standard InChI is InChI=1S/C26H26BN3O4/c1-5-27-18-13-20(28-23-15(3)9-7-10-16(18)23)25(31)30-19-12-8-11-17-22(34-6-2)14-21(26(32)33-4)29-24(17)19/h7-14,27H,5-6H2,1-4H3,(H,30,31). The maximum Gasteiger partial charge on any atom is 0.356 e. The van der Waals surface area contributed by atoms with E-state index in [1.807, 2.05) is 44.2 Å². The second kappa shape index (κ2) is 9.91. The van der Waals surface area contributed by atoms with Gasteiger partial charge in [-0.25, -0.2) is 14.8 Å². The molecule has 2 aromatic heterocycles. The third kappa shape index (κ3) is 4.44. The van der Waals surface area contributed by atoms with E-state index in [4.69, 9.17) is 9.47 Å². The Hall–Kier alpha value is -3.94. The van der Waals surface area contributed by atoms with Gasteiger partial charge in [0, 0.05) is 11.5 Å². The number of aryl methyl sites for hydroxylation is 1. The van der Waals surface area contributed by atoms with Crippen LogP contribution < -0.4 is 15.5 Å². The van der Waals surface area contributed by atoms with Gasteiger partial charge in [0.1, 0.15) is 11.4 Å². The molecule has 34 heavy (non-hydrogen) atoms. The van der Waals surface area contributed by atoms with Gasteiger partial charge >= 0.3 is 5.97 Å². The Morgan fingerprint density at radius 3 is 2.44 bits per heavy atom. The van der Waals surface area contributed by atoms with Crippen LogP contribution in [-0.4, -0.2) is 42.8 Å². The molecule has 7 nitrogen and oxygen atoms in total. The van der Waals surface area contributed by atoms with Crippen LogP contribution in [-0.2, 0) is 4.74 Å². The normalized spacial score (nSPS) is 10.8. The number of hydrogen-bond acceptors (Lipinski definition) is 6. The molecule has 0 aliphatic carbocycles. The Kier molecular flexibility index (Phi) is 6.77. The highest BCUT2D eigenvalue weighted by Crippen LogP contribution is 2.31. The van der Waals surface area contributed by atoms with Crippen LogP contribution in [0.4, 0.5) is 5.69 Å². The highest BCUT2D eigenvalue weighted by atomic mass is 16.5. The van der Waals surface area contributed by atoms with Gasteiger partial charge < -0.3 is 14.8 Å². The van der Waals surface area contributed by atoms with Gasteiger partial charge in [-0.15, -0.1) is 0 Å². The maximum absolute atomic E-state index is 13.3. The molecule has 172 valence electrons. The van der Waals surface area contributed by atoms with Crippen molar-refractivity contribution >= 4 is 52.1 Å². The van der Waals surface area contributed by atoms with Crippen LogP contribution in [0.1, 0.15) is 40.4 Å². The van der Waals surface area contributed by atoms with Crippen molar-refractivity contribution in [3.8, 4) is 5.75 Å². The summed E-state index contributed by atoms with van der Waals surface area (Å²) in [5.74, 6) is -0.438. The Balaban J connectivity index is 1.80. The maximum atomic E-state index is 13.3. The lowest BCUT2D eigenvalue weighted by Gasteiger charge is -2.14. The summed E-state index contributed by atoms with van der Waals surface area (Å²) in [6.45, 7) is 6.37. The zero-order valence-electron chi connectivity index (χ0n) is 19.8. The molecule has 4 aromatic rings. The van der Waals surface area contributed by atoms with Crippen molar-refractivity contribution in [2.24, 2.45) is 0 Å². The van der Waals surface area contributed by atoms with Crippen molar-refractivity contribution in [3.05, 3.63) is 65.5 Å². The van der Waals surface area contributed by atoms with Crippen molar-refractivity contribution in [3.63, 3.8) is 0 Å². The Bertz CT molecular complexity index is 1400. The first-order valence-corrected chi connectivity index (χ1v) is 11.3. The highest BCUT2D eigenvalue weighted by molar-refractivity contribution is 6.57. The lowest BCUT2D eigenvalue weighted by Crippen LogP contribution is -2.21. The van der Waals surface area contributed by atoms with Gasteiger partial charge in [0.25, 0.3) is 5.91 Å². The Labute approximate surface area is 198 Å². The molecule has 0 spiro atoms. The second-order valence-electron chi connectivity index (χ2n) is 7.97. The third-order valence-corrected chi connectivity index (χ3v) is 5.62. The van der Waals surface area contributed by atoms with E-state index in [0.717, 1.165) is 35.5 Å². The predicted molar refractivity (Wildman–Crippen MR) is 136 cm³/mol. The van der Waals surface area contributed by atoms with Gasteiger partial charge in [0.2, 0.25) is 0 Å². The van der Waals surface area contributed by atoms with Crippen LogP contribution in [0.25, 0.3) is 21.8 Å². The number of esters is 1. The smallest absolute Gasteiger partial charge is 0.356 e. The van der Waals surface area contributed by atoms with E-state index in [0.29, 0.717) is 34.6 Å². The molecule has 0 atom stereocenters. The molecule has 0 radical (unpaired) electrons. The van der Waals surface area contributed by atoms with Crippen LogP contribution in [0.3, 0.4) is 0 Å². The van der Waals surface area contributed by atoms with Crippen molar-refractivity contribution < 1.29 is 19.1 Å². The highest BCUT2D eigenvalue weighted by Gasteiger charge is 2.18. The van der Waals surface area contributed by atoms with E-state index < -0.39 is 5.97 Å². The fourth-order valence-electron chi connectivity index (χ4n) is 4.04. The predicted octanol–water partition coefficient (Wildman–Crippen LogP) is 4.03. The van der Waals surface area contributed by atoms with Gasteiger partial charge in [-0.05, 0) is 43.0 Å². The summed E-state index contributed by atoms with van der Waals surface area (Å²) in [6, 6.07) is 14.8. The monoisotopic (exact) mass is 455 g/mol. The number of fused-ring (bicyclic) bond motifs is 2. The van der Waals surface area contributed by atoms with Crippen LogP contribution in [0.15, 0.2) is 48.5 Å². The third-order valence-electron chi connectivity index (χ3n) is 5.62. The molecule has 0 unspecified atom stereocenters. The van der Waals surface area contributed by atoms with Gasteiger partial charge in [-0.3, -0.25) is 4.79 Å². The van der Waals surface area contributed by atoms with Crippen molar-refractivity contribution in [1.29, 1.82) is 0 Å². The number of carbonyl (C=O) groups excluding carboxylic acids is 2. The van der Waals surface area contributed by atoms with E-state index in [-0.39, 0.29) is 11.6 Å². The molecule has 1 N–H and O–H groups in total. The molecule has 8 heteroatoms. The summed E-state index contributed by atoms with van der Waals surface area (Å²) in [7, 11) is 2.14. The number of benzene rings is 2. The Morgan fingerprint density at radius 1 is 0.971 bits per heavy atom. The van der Waals surface area contributed by atoms with E-state index in [1.165, 1.54) is 7.11 Å². The van der Waals surface area contributed by atoms with E-state index in [9.17, 15) is 9.59 Å². The number of methoxy groups -OCH3 is 1. The summed E-state index contributed by atoms with van der Waals surface area (Å²) in [6.07, 6.45) is 0.956. The molecule has 1 amide bonds. The lowest BCUT2D eigenvalue weighted by atomic mass is 9.66. The number of para-hydroxylation sites is 2. The number of pyridine rings is 2. The number of aromatic nitrogens is 2. The molecule has 0 saturated carbocycles. The number of nitrogens with zero attached hydrogens (tertiary/aromatic N) is 2. The molecule has 0 aliphatic heterocycles. The minimum absolute atomic E-state index is 0.102. The molecule has 0 saturated heterocycles. The molecule has 0 fully saturated rings. The zero-order valence-corrected chi connectivity index (χ0v) is 19.8. The van der Waals surface area contributed by atoms with Crippen LogP contribution in [0.2, 0.25) is 6.32 Å². The average molecular weight is 455 g/mol. The quantitative estimate of drug-likeness (QED) is 0.334. The largest absolute Gasteiger partial charge is 0.493 e. The summed E-state index contributed by atoms with van der Waals surface area (Å²) < 4.78 is 10.6. The van der Waals surface area contributed by atoms with Crippen molar-refractivity contribution in [2.75, 3.05) is 19.0 Å². The van der Waals surface area contributed by atoms with Crippen LogP contribution in [0.5, 0.6) is 5.75 Å². The van der Waals surface area contributed by atoms with Gasteiger partial charge in [0.15, 0.2) is 13.0 Å². The number of rotatable bonds is 7. The van der Waals surface area contributed by atoms with Crippen molar-refractivity contribution in [2.45, 2.75) is 27.1 Å². The van der Waals surface area contributed by atoms with Crippen LogP contribution in [0, 0.1) is 6.92 Å². The number of hydrogen-bond donors (Lipinski definition) is 1. The number of carbonyl (C=O) groups is 2. The molecule has 0 bridgehead atoms. The van der Waals surface area contributed by atoms with E-state index >= 15 is 0 Å². The number of amides is 1. The van der Waals surface area contributed by atoms with Gasteiger partial charge in [-0.2, -0.15) is 0 Å². The lowest BCUT2D eigenvalue weighted by molar-refractivity contribution is 0.0594. The first-order valence-electron chi connectivity index (χ1n) is 11.3. The fraction of sp³-hybridized carbons (Fsp3) is 0.231. The first-order chi connectivity index (χ1) is 16.5. The van der Waals surface area contributed by atoms with E-state index in [2.05, 4.69) is 22.2 Å². The van der Waals surface area contributed by atoms with E-state index in [1.54, 1.807) is 18.2 Å². The molecule has 2 heterocycles. The SMILES string of the molecule is CCBc1cc(C(=O)Nc2cccc3c(OCC)cc(C(=O)OC)nc23)nc2c(C)cccc12. The number of anilines is 1. The number of ether oxygens (including phenoxy) is 2. The topological polar surface area (TPSA) is 90.4 Å². The molecular weight excluding hydrogens is 429 g/mol. The molecular formula is C26H26BN3O4. The molecule has 4 rings (SSSR count). The molecule has 0 aliphatic rings. The first kappa shape index (κ1) is 23.2. The zero-order chi connectivity index (χ0) is 24.2. The number of nitrogens with one attached hydrogen (secondary N) is 1. The van der Waals surface area contributed by atoms with Gasteiger partial charge in [-0.1, -0.05) is 43.0 Å². The summed E-state index contributed by atoms with van der Waals surface area (Å²) in [4.78, 5) is 34.6. The minimum atomic E-state index is -0.583. The van der Waals surface area contributed by atoms with Crippen molar-refractivity contribution in [1.82, 2.24) is 9.97 Å². The average Bonchev–Trinajstić information content (AvgIpc) is 2.84. The fourth-order valence-corrected chi connectivity index (χ4v) is 4.04. The van der Waals surface area contributed by atoms with Crippen LogP contribution >= 0.6 is 0 Å². The Morgan fingerprint density at radius 2 is 1.71 bits per heavy atom. The summed E-state index contributed by atoms with van der Waals surface area (Å²) >= 11 is 0. The summed E-state index contributed by atoms with van der Waals surface area (Å²) in [5.41, 5.74) is 4.25.